The second-order valence-corrected chi connectivity index (χ2v) is 8.20. The second kappa shape index (κ2) is 7.87. The summed E-state index contributed by atoms with van der Waals surface area (Å²) in [5.74, 6) is 0.475. The highest BCUT2D eigenvalue weighted by Crippen LogP contribution is 2.39. The van der Waals surface area contributed by atoms with Gasteiger partial charge in [-0.15, -0.1) is 0 Å². The highest BCUT2D eigenvalue weighted by molar-refractivity contribution is 6.05. The lowest BCUT2D eigenvalue weighted by Crippen LogP contribution is -2.54. The number of piperazine rings is 1. The van der Waals surface area contributed by atoms with Crippen molar-refractivity contribution in [2.45, 2.75) is 45.1 Å². The van der Waals surface area contributed by atoms with Crippen LogP contribution in [0, 0.1) is 5.92 Å². The largest absolute Gasteiger partial charge is 0.344 e. The Kier molecular flexibility index (Phi) is 5.30. The molecule has 1 aliphatic carbocycles. The fourth-order valence-corrected chi connectivity index (χ4v) is 3.69. The Balaban J connectivity index is 1.54. The van der Waals surface area contributed by atoms with E-state index in [-0.39, 0.29) is 11.8 Å². The zero-order chi connectivity index (χ0) is 19.7. The first kappa shape index (κ1) is 18.9. The van der Waals surface area contributed by atoms with E-state index in [1.807, 2.05) is 4.90 Å². The highest BCUT2D eigenvalue weighted by Gasteiger charge is 2.30. The van der Waals surface area contributed by atoms with Crippen molar-refractivity contribution >= 4 is 23.0 Å². The van der Waals surface area contributed by atoms with Crippen molar-refractivity contribution in [2.75, 3.05) is 26.2 Å². The number of aromatic amines is 1. The molecule has 28 heavy (non-hydrogen) atoms. The van der Waals surface area contributed by atoms with Crippen molar-refractivity contribution in [2.24, 2.45) is 5.92 Å². The van der Waals surface area contributed by atoms with E-state index in [1.165, 1.54) is 0 Å². The average molecular weight is 384 g/mol. The monoisotopic (exact) mass is 384 g/mol. The van der Waals surface area contributed by atoms with Crippen LogP contribution in [0.25, 0.3) is 11.2 Å². The van der Waals surface area contributed by atoms with Crippen molar-refractivity contribution in [3.63, 3.8) is 0 Å². The van der Waals surface area contributed by atoms with Crippen LogP contribution in [0.15, 0.2) is 12.4 Å². The van der Waals surface area contributed by atoms with E-state index >= 15 is 0 Å². The highest BCUT2D eigenvalue weighted by atomic mass is 16.2. The molecule has 150 valence electrons. The predicted octanol–water partition coefficient (Wildman–Crippen LogP) is 1.41. The quantitative estimate of drug-likeness (QED) is 0.699. The molecule has 8 nitrogen and oxygen atoms in total. The normalized spacial score (nSPS) is 18.5. The molecule has 2 aliphatic rings. The summed E-state index contributed by atoms with van der Waals surface area (Å²) in [5, 5.41) is 6.22. The predicted molar refractivity (Wildman–Crippen MR) is 106 cm³/mol. The summed E-state index contributed by atoms with van der Waals surface area (Å²) in [5.41, 5.74) is 2.58. The van der Waals surface area contributed by atoms with Crippen molar-refractivity contribution in [3.8, 4) is 0 Å². The number of hydrogen-bond donors (Lipinski definition) is 3. The zero-order valence-corrected chi connectivity index (χ0v) is 16.5. The molecule has 0 aromatic carbocycles. The Morgan fingerprint density at radius 3 is 2.71 bits per heavy atom. The zero-order valence-electron chi connectivity index (χ0n) is 16.5. The first-order chi connectivity index (χ1) is 13.5. The van der Waals surface area contributed by atoms with E-state index in [0.717, 1.165) is 31.6 Å². The van der Waals surface area contributed by atoms with Crippen LogP contribution in [0.1, 0.15) is 55.1 Å². The third kappa shape index (κ3) is 4.01. The number of fused-ring (bicyclic) bond motifs is 1. The Morgan fingerprint density at radius 1 is 1.29 bits per heavy atom. The maximum atomic E-state index is 13.0. The third-order valence-electron chi connectivity index (χ3n) is 5.38. The molecular formula is C20H28N6O2. The molecule has 8 heteroatoms. The molecular weight excluding hydrogens is 356 g/mol. The molecule has 0 radical (unpaired) electrons. The molecule has 1 saturated heterocycles. The Morgan fingerprint density at radius 2 is 2.04 bits per heavy atom. The lowest BCUT2D eigenvalue weighted by atomic mass is 10.0. The molecule has 0 spiro atoms. The minimum Gasteiger partial charge on any atom is -0.344 e. The average Bonchev–Trinajstić information content (AvgIpc) is 3.46. The standard InChI is InChI=1S/C20H28N6O2/c1-12(2)9-15(20(28)26-7-5-21-6-8-26)25-19(27)14-10-22-18-17(14)24-16(11-23-18)13-3-4-13/h10-13,15,21H,3-9H2,1-2H3,(H,22,23)(H,25,27). The summed E-state index contributed by atoms with van der Waals surface area (Å²) >= 11 is 0. The van der Waals surface area contributed by atoms with Gasteiger partial charge in [0, 0.05) is 38.3 Å². The number of nitrogens with zero attached hydrogens (tertiary/aromatic N) is 3. The Labute approximate surface area is 164 Å². The minimum atomic E-state index is -0.532. The lowest BCUT2D eigenvalue weighted by Gasteiger charge is -2.31. The third-order valence-corrected chi connectivity index (χ3v) is 5.38. The van der Waals surface area contributed by atoms with Gasteiger partial charge < -0.3 is 20.5 Å². The summed E-state index contributed by atoms with van der Waals surface area (Å²) in [7, 11) is 0. The number of carbonyl (C=O) groups is 2. The summed E-state index contributed by atoms with van der Waals surface area (Å²) in [6, 6.07) is -0.532. The van der Waals surface area contributed by atoms with E-state index in [4.69, 9.17) is 0 Å². The Hall–Kier alpha value is -2.48. The second-order valence-electron chi connectivity index (χ2n) is 8.20. The van der Waals surface area contributed by atoms with Gasteiger partial charge in [-0.1, -0.05) is 13.8 Å². The van der Waals surface area contributed by atoms with Crippen LogP contribution in [-0.4, -0.2) is 63.9 Å². The number of hydrogen-bond acceptors (Lipinski definition) is 5. The molecule has 3 N–H and O–H groups in total. The van der Waals surface area contributed by atoms with Crippen LogP contribution in [0.5, 0.6) is 0 Å². The van der Waals surface area contributed by atoms with Crippen molar-refractivity contribution in [3.05, 3.63) is 23.7 Å². The molecule has 2 fully saturated rings. The van der Waals surface area contributed by atoms with Crippen molar-refractivity contribution in [1.82, 2.24) is 30.5 Å². The van der Waals surface area contributed by atoms with Crippen molar-refractivity contribution in [1.29, 1.82) is 0 Å². The topological polar surface area (TPSA) is 103 Å². The van der Waals surface area contributed by atoms with Gasteiger partial charge >= 0.3 is 0 Å². The summed E-state index contributed by atoms with van der Waals surface area (Å²) in [4.78, 5) is 39.9. The lowest BCUT2D eigenvalue weighted by molar-refractivity contribution is -0.134. The number of nitrogens with one attached hydrogen (secondary N) is 3. The van der Waals surface area contributed by atoms with Gasteiger partial charge in [0.05, 0.1) is 17.5 Å². The number of carbonyl (C=O) groups excluding carboxylic acids is 2. The molecule has 1 atom stereocenters. The molecule has 2 amide bonds. The number of aromatic nitrogens is 3. The number of amides is 2. The van der Waals surface area contributed by atoms with E-state index in [1.54, 1.807) is 12.4 Å². The first-order valence-corrected chi connectivity index (χ1v) is 10.2. The van der Waals surface area contributed by atoms with Gasteiger partial charge in [-0.05, 0) is 25.2 Å². The van der Waals surface area contributed by atoms with Gasteiger partial charge in [0.2, 0.25) is 5.91 Å². The Bertz CT molecular complexity index is 867. The summed E-state index contributed by atoms with van der Waals surface area (Å²) < 4.78 is 0. The smallest absolute Gasteiger partial charge is 0.255 e. The van der Waals surface area contributed by atoms with Crippen LogP contribution < -0.4 is 10.6 Å². The van der Waals surface area contributed by atoms with Crippen LogP contribution in [0.2, 0.25) is 0 Å². The molecule has 0 bridgehead atoms. The summed E-state index contributed by atoms with van der Waals surface area (Å²) in [6.07, 6.45) is 6.28. The maximum absolute atomic E-state index is 13.0. The maximum Gasteiger partial charge on any atom is 0.255 e. The fraction of sp³-hybridized carbons (Fsp3) is 0.600. The van der Waals surface area contributed by atoms with Crippen LogP contribution in [-0.2, 0) is 4.79 Å². The fourth-order valence-electron chi connectivity index (χ4n) is 3.69. The van der Waals surface area contributed by atoms with Gasteiger partial charge in [-0.3, -0.25) is 9.59 Å². The number of rotatable bonds is 6. The number of H-pyrrole nitrogens is 1. The van der Waals surface area contributed by atoms with E-state index in [2.05, 4.69) is 39.4 Å². The van der Waals surface area contributed by atoms with Crippen LogP contribution in [0.4, 0.5) is 0 Å². The molecule has 3 heterocycles. The SMILES string of the molecule is CC(C)CC(NC(=O)c1c[nH]c2ncc(C3CC3)nc12)C(=O)N1CCNCC1. The van der Waals surface area contributed by atoms with Gasteiger partial charge in [-0.2, -0.15) is 0 Å². The van der Waals surface area contributed by atoms with Crippen LogP contribution in [0.3, 0.4) is 0 Å². The molecule has 2 aromatic rings. The molecule has 2 aromatic heterocycles. The first-order valence-electron chi connectivity index (χ1n) is 10.2. The minimum absolute atomic E-state index is 0.00635. The molecule has 1 saturated carbocycles. The van der Waals surface area contributed by atoms with E-state index < -0.39 is 6.04 Å². The molecule has 4 rings (SSSR count). The van der Waals surface area contributed by atoms with E-state index in [9.17, 15) is 9.59 Å². The summed E-state index contributed by atoms with van der Waals surface area (Å²) in [6.45, 7) is 7.04. The van der Waals surface area contributed by atoms with Gasteiger partial charge in [0.25, 0.3) is 5.91 Å². The van der Waals surface area contributed by atoms with Crippen LogP contribution >= 0.6 is 0 Å². The van der Waals surface area contributed by atoms with Gasteiger partial charge in [-0.25, -0.2) is 9.97 Å². The van der Waals surface area contributed by atoms with E-state index in [0.29, 0.717) is 48.1 Å². The molecule has 1 aliphatic heterocycles. The van der Waals surface area contributed by atoms with Gasteiger partial charge in [0.1, 0.15) is 11.6 Å². The molecule has 1 unspecified atom stereocenters. The van der Waals surface area contributed by atoms with Gasteiger partial charge in [0.15, 0.2) is 5.65 Å². The van der Waals surface area contributed by atoms with Crippen molar-refractivity contribution < 1.29 is 9.59 Å².